The molecule has 1 atom stereocenters. The molecule has 2 aliphatic rings. The number of nitrogens with zero attached hydrogens (tertiary/aromatic N) is 2. The first-order valence-electron chi connectivity index (χ1n) is 9.40. The molecule has 27 heavy (non-hydrogen) atoms. The van der Waals surface area contributed by atoms with Crippen LogP contribution in [-0.2, 0) is 14.7 Å². The summed E-state index contributed by atoms with van der Waals surface area (Å²) in [6.07, 6.45) is 0. The van der Waals surface area contributed by atoms with Gasteiger partial charge in [-0.15, -0.1) is 0 Å². The Morgan fingerprint density at radius 2 is 1.81 bits per heavy atom. The van der Waals surface area contributed by atoms with Gasteiger partial charge in [0.1, 0.15) is 5.76 Å². The zero-order valence-corrected chi connectivity index (χ0v) is 17.3. The summed E-state index contributed by atoms with van der Waals surface area (Å²) in [6.45, 7) is 8.73. The minimum atomic E-state index is -3.04. The first-order valence-corrected chi connectivity index (χ1v) is 11.1. The lowest BCUT2D eigenvalue weighted by molar-refractivity contribution is 0.0729. The molecule has 144 valence electrons. The molecule has 6 heteroatoms. The zero-order chi connectivity index (χ0) is 19.2. The lowest BCUT2D eigenvalue weighted by Crippen LogP contribution is -2.36. The van der Waals surface area contributed by atoms with E-state index in [-0.39, 0.29) is 5.41 Å². The van der Waals surface area contributed by atoms with Crippen molar-refractivity contribution in [3.63, 3.8) is 0 Å². The van der Waals surface area contributed by atoms with Crippen LogP contribution < -0.4 is 10.4 Å². The topological polar surface area (TPSA) is 45.9 Å². The number of morpholine rings is 1. The largest absolute Gasteiger partial charge is 0.457 e. The first kappa shape index (κ1) is 18.5. The minimum Gasteiger partial charge on any atom is -0.457 e. The smallest absolute Gasteiger partial charge is 0.236 e. The van der Waals surface area contributed by atoms with Crippen LogP contribution in [0.15, 0.2) is 52.3 Å². The highest BCUT2D eigenvalue weighted by Crippen LogP contribution is 2.56. The number of fused-ring (bicyclic) bond motifs is 1. The van der Waals surface area contributed by atoms with E-state index in [9.17, 15) is 4.57 Å². The van der Waals surface area contributed by atoms with E-state index in [0.717, 1.165) is 17.1 Å². The van der Waals surface area contributed by atoms with Gasteiger partial charge in [-0.2, -0.15) is 0 Å². The van der Waals surface area contributed by atoms with Crippen molar-refractivity contribution in [2.45, 2.75) is 26.2 Å². The van der Waals surface area contributed by atoms with Gasteiger partial charge in [0.05, 0.1) is 13.2 Å². The van der Waals surface area contributed by atoms with E-state index in [1.807, 2.05) is 35.6 Å². The van der Waals surface area contributed by atoms with E-state index in [4.69, 9.17) is 9.15 Å². The highest BCUT2D eigenvalue weighted by Gasteiger charge is 2.43. The average Bonchev–Trinajstić information content (AvgIpc) is 3.19. The second-order valence-corrected chi connectivity index (χ2v) is 10.3. The van der Waals surface area contributed by atoms with Crippen molar-refractivity contribution in [3.8, 4) is 0 Å². The van der Waals surface area contributed by atoms with Crippen LogP contribution in [0, 0.1) is 6.92 Å². The molecule has 0 radical (unpaired) electrons. The van der Waals surface area contributed by atoms with Crippen molar-refractivity contribution in [2.24, 2.45) is 0 Å². The summed E-state index contributed by atoms with van der Waals surface area (Å²) in [5, 5.41) is 0. The summed E-state index contributed by atoms with van der Waals surface area (Å²) in [7, 11) is -0.986. The molecule has 0 amide bonds. The fourth-order valence-corrected chi connectivity index (χ4v) is 6.84. The Labute approximate surface area is 161 Å². The molecule has 0 aliphatic carbocycles. The van der Waals surface area contributed by atoms with Crippen LogP contribution in [0.3, 0.4) is 0 Å². The Morgan fingerprint density at radius 1 is 1.11 bits per heavy atom. The number of rotatable bonds is 3. The molecule has 1 aromatic heterocycles. The van der Waals surface area contributed by atoms with E-state index in [1.54, 1.807) is 0 Å². The molecular formula is C21H27N2O3P. The van der Waals surface area contributed by atoms with E-state index >= 15 is 0 Å². The predicted octanol–water partition coefficient (Wildman–Crippen LogP) is 4.09. The second-order valence-electron chi connectivity index (χ2n) is 7.79. The number of likely N-dealkylation sites (N-methyl/N-ethyl adjacent to an activating group) is 1. The first-order chi connectivity index (χ1) is 12.8. The van der Waals surface area contributed by atoms with Gasteiger partial charge in [0.15, 0.2) is 5.50 Å². The molecule has 1 saturated heterocycles. The van der Waals surface area contributed by atoms with E-state index in [0.29, 0.717) is 31.8 Å². The molecule has 0 spiro atoms. The van der Waals surface area contributed by atoms with Gasteiger partial charge in [-0.3, -0.25) is 4.57 Å². The average molecular weight is 386 g/mol. The van der Waals surface area contributed by atoms with Crippen molar-refractivity contribution >= 4 is 18.5 Å². The molecule has 0 N–H and O–H groups in total. The van der Waals surface area contributed by atoms with Gasteiger partial charge < -0.3 is 14.1 Å². The maximum Gasteiger partial charge on any atom is 0.236 e. The fraction of sp³-hybridized carbons (Fsp3) is 0.429. The summed E-state index contributed by atoms with van der Waals surface area (Å²) in [6, 6.07) is 12.1. The number of hydrogen-bond acceptors (Lipinski definition) is 4. The second kappa shape index (κ2) is 6.66. The van der Waals surface area contributed by atoms with E-state index in [1.165, 1.54) is 5.56 Å². The Bertz CT molecular complexity index is 925. The van der Waals surface area contributed by atoms with Crippen molar-refractivity contribution in [1.29, 1.82) is 0 Å². The molecule has 3 heterocycles. The maximum atomic E-state index is 14.4. The predicted molar refractivity (Wildman–Crippen MR) is 109 cm³/mol. The number of allylic oxidation sites excluding steroid dienone is 1. The van der Waals surface area contributed by atoms with Crippen LogP contribution in [-0.4, -0.2) is 38.0 Å². The van der Waals surface area contributed by atoms with Gasteiger partial charge in [-0.1, -0.05) is 32.0 Å². The van der Waals surface area contributed by atoms with E-state index in [2.05, 4.69) is 44.0 Å². The standard InChI is InChI=1S/C21H27N2O3P/c1-16-9-10-20(26-16)27(24,23-11-13-25-14-12-23)15-19-21(2,3)17-7-5-6-8-18(17)22(19)4/h5-10,15H,11-14H2,1-4H3/t27-/m0/s1. The lowest BCUT2D eigenvalue weighted by atomic mass is 9.84. The molecule has 1 aromatic carbocycles. The SMILES string of the molecule is Cc1ccc([P@@](=O)(C=C2N(C)c3ccccc3C2(C)C)N2CCOCC2)o1. The quantitative estimate of drug-likeness (QED) is 0.744. The maximum absolute atomic E-state index is 14.4. The van der Waals surface area contributed by atoms with Crippen molar-refractivity contribution in [2.75, 3.05) is 38.3 Å². The van der Waals surface area contributed by atoms with Crippen LogP contribution >= 0.6 is 7.29 Å². The number of anilines is 1. The lowest BCUT2D eigenvalue weighted by Gasteiger charge is -2.33. The number of furan rings is 1. The Balaban J connectivity index is 1.86. The highest BCUT2D eigenvalue weighted by molar-refractivity contribution is 7.72. The van der Waals surface area contributed by atoms with Gasteiger partial charge in [-0.25, -0.2) is 4.67 Å². The molecule has 5 nitrogen and oxygen atoms in total. The third-order valence-electron chi connectivity index (χ3n) is 5.69. The van der Waals surface area contributed by atoms with Gasteiger partial charge >= 0.3 is 0 Å². The van der Waals surface area contributed by atoms with Gasteiger partial charge in [0.2, 0.25) is 7.29 Å². The minimum absolute atomic E-state index is 0.227. The Kier molecular flexibility index (Phi) is 4.58. The fourth-order valence-electron chi connectivity index (χ4n) is 4.12. The molecule has 4 rings (SSSR count). The summed E-state index contributed by atoms with van der Waals surface area (Å²) in [5.41, 5.74) is 3.79. The molecule has 2 aromatic rings. The number of benzene rings is 1. The van der Waals surface area contributed by atoms with Crippen LogP contribution in [0.5, 0.6) is 0 Å². The Hall–Kier alpha value is -1.81. The number of hydrogen-bond donors (Lipinski definition) is 0. The van der Waals surface area contributed by atoms with Crippen LogP contribution in [0.4, 0.5) is 5.69 Å². The normalized spacial score (nSPS) is 23.4. The summed E-state index contributed by atoms with van der Waals surface area (Å²) >= 11 is 0. The van der Waals surface area contributed by atoms with Crippen molar-refractivity contribution in [1.82, 2.24) is 4.67 Å². The van der Waals surface area contributed by atoms with Crippen molar-refractivity contribution in [3.05, 3.63) is 59.2 Å². The van der Waals surface area contributed by atoms with Crippen LogP contribution in [0.1, 0.15) is 25.2 Å². The molecular weight excluding hydrogens is 359 g/mol. The molecule has 0 bridgehead atoms. The molecule has 2 aliphatic heterocycles. The number of ether oxygens (including phenoxy) is 1. The molecule has 0 saturated carbocycles. The zero-order valence-electron chi connectivity index (χ0n) is 16.4. The highest BCUT2D eigenvalue weighted by atomic mass is 31.2. The number of para-hydroxylation sites is 1. The monoisotopic (exact) mass is 386 g/mol. The summed E-state index contributed by atoms with van der Waals surface area (Å²) in [4.78, 5) is 2.16. The Morgan fingerprint density at radius 3 is 2.44 bits per heavy atom. The third-order valence-corrected chi connectivity index (χ3v) is 8.39. The summed E-state index contributed by atoms with van der Waals surface area (Å²) < 4.78 is 27.8. The third kappa shape index (κ3) is 2.98. The van der Waals surface area contributed by atoms with Crippen LogP contribution in [0.25, 0.3) is 0 Å². The van der Waals surface area contributed by atoms with Gasteiger partial charge in [0.25, 0.3) is 0 Å². The number of aryl methyl sites for hydroxylation is 1. The molecule has 0 unspecified atom stereocenters. The van der Waals surface area contributed by atoms with E-state index < -0.39 is 7.29 Å². The molecule has 1 fully saturated rings. The van der Waals surface area contributed by atoms with Gasteiger partial charge in [0, 0.05) is 42.8 Å². The van der Waals surface area contributed by atoms with Crippen molar-refractivity contribution < 1.29 is 13.7 Å². The van der Waals surface area contributed by atoms with Crippen LogP contribution in [0.2, 0.25) is 0 Å². The van der Waals surface area contributed by atoms with Gasteiger partial charge in [-0.05, 0) is 30.7 Å². The summed E-state index contributed by atoms with van der Waals surface area (Å²) in [5.74, 6) is 2.75.